The smallest absolute Gasteiger partial charge is 0.235 e. The third-order valence-electron chi connectivity index (χ3n) is 4.11. The van der Waals surface area contributed by atoms with E-state index in [4.69, 9.17) is 0 Å². The van der Waals surface area contributed by atoms with Gasteiger partial charge in [0, 0.05) is 12.6 Å². The summed E-state index contributed by atoms with van der Waals surface area (Å²) in [5.41, 5.74) is 0. The van der Waals surface area contributed by atoms with Gasteiger partial charge in [0.2, 0.25) is 15.9 Å². The second-order valence-electron chi connectivity index (χ2n) is 5.77. The SMILES string of the molecule is O=C(CN1CCCS1(=O)=O)NC(C1CC1)C1CC1. The molecule has 3 fully saturated rings. The van der Waals surface area contributed by atoms with E-state index < -0.39 is 10.0 Å². The highest BCUT2D eigenvalue weighted by Gasteiger charge is 2.42. The predicted octanol–water partition coefficient (Wildman–Crippen LogP) is 0.327. The van der Waals surface area contributed by atoms with Crippen molar-refractivity contribution in [2.45, 2.75) is 38.1 Å². The maximum atomic E-state index is 11.9. The molecular weight excluding hydrogens is 252 g/mol. The van der Waals surface area contributed by atoms with Crippen LogP contribution in [0.3, 0.4) is 0 Å². The van der Waals surface area contributed by atoms with Crippen molar-refractivity contribution in [1.29, 1.82) is 0 Å². The molecule has 1 heterocycles. The number of nitrogens with zero attached hydrogens (tertiary/aromatic N) is 1. The summed E-state index contributed by atoms with van der Waals surface area (Å²) in [6, 6.07) is 0.308. The molecule has 3 aliphatic rings. The predicted molar refractivity (Wildman–Crippen MR) is 67.4 cm³/mol. The summed E-state index contributed by atoms with van der Waals surface area (Å²) in [6.07, 6.45) is 5.49. The van der Waals surface area contributed by atoms with Crippen LogP contribution < -0.4 is 5.32 Å². The van der Waals surface area contributed by atoms with E-state index in [9.17, 15) is 13.2 Å². The number of sulfonamides is 1. The Kier molecular flexibility index (Phi) is 3.10. The molecule has 6 heteroatoms. The quantitative estimate of drug-likeness (QED) is 0.784. The third kappa shape index (κ3) is 2.69. The summed E-state index contributed by atoms with van der Waals surface area (Å²) < 4.78 is 24.6. The van der Waals surface area contributed by atoms with Crippen LogP contribution in [0, 0.1) is 11.8 Å². The highest BCUT2D eigenvalue weighted by molar-refractivity contribution is 7.89. The zero-order chi connectivity index (χ0) is 12.8. The minimum Gasteiger partial charge on any atom is -0.352 e. The Hall–Kier alpha value is -0.620. The van der Waals surface area contributed by atoms with Gasteiger partial charge in [0.1, 0.15) is 0 Å². The van der Waals surface area contributed by atoms with Crippen LogP contribution in [0.25, 0.3) is 0 Å². The molecule has 102 valence electrons. The van der Waals surface area contributed by atoms with Crippen LogP contribution in [-0.4, -0.2) is 43.5 Å². The normalized spacial score (nSPS) is 27.6. The van der Waals surface area contributed by atoms with Gasteiger partial charge in [0.15, 0.2) is 0 Å². The molecular formula is C12H20N2O3S. The van der Waals surface area contributed by atoms with Crippen LogP contribution in [0.5, 0.6) is 0 Å². The monoisotopic (exact) mass is 272 g/mol. The van der Waals surface area contributed by atoms with Gasteiger partial charge in [-0.15, -0.1) is 0 Å². The van der Waals surface area contributed by atoms with E-state index in [-0.39, 0.29) is 18.2 Å². The molecule has 0 radical (unpaired) electrons. The van der Waals surface area contributed by atoms with Gasteiger partial charge in [-0.1, -0.05) is 0 Å². The molecule has 1 amide bonds. The van der Waals surface area contributed by atoms with Gasteiger partial charge in [-0.05, 0) is 43.9 Å². The standard InChI is InChI=1S/C12H20N2O3S/c15-11(8-14-6-1-7-18(14,16)17)13-12(9-2-3-9)10-4-5-10/h9-10,12H,1-8H2,(H,13,15). The van der Waals surface area contributed by atoms with Crippen molar-refractivity contribution in [2.24, 2.45) is 11.8 Å². The number of carbonyl (C=O) groups excluding carboxylic acids is 1. The lowest BCUT2D eigenvalue weighted by atomic mass is 10.1. The van der Waals surface area contributed by atoms with Crippen molar-refractivity contribution in [3.8, 4) is 0 Å². The summed E-state index contributed by atoms with van der Waals surface area (Å²) in [5, 5.41) is 3.06. The van der Waals surface area contributed by atoms with Crippen LogP contribution in [0.4, 0.5) is 0 Å². The van der Waals surface area contributed by atoms with Gasteiger partial charge >= 0.3 is 0 Å². The fourth-order valence-corrected chi connectivity index (χ4v) is 4.27. The van der Waals surface area contributed by atoms with E-state index in [1.807, 2.05) is 0 Å². The van der Waals surface area contributed by atoms with Crippen molar-refractivity contribution in [2.75, 3.05) is 18.8 Å². The molecule has 0 spiro atoms. The Balaban J connectivity index is 1.54. The van der Waals surface area contributed by atoms with Crippen molar-refractivity contribution < 1.29 is 13.2 Å². The highest BCUT2D eigenvalue weighted by Crippen LogP contribution is 2.44. The Morgan fingerprint density at radius 2 is 1.83 bits per heavy atom. The Labute approximate surface area is 108 Å². The molecule has 3 rings (SSSR count). The number of rotatable bonds is 5. The summed E-state index contributed by atoms with van der Waals surface area (Å²) in [6.45, 7) is 0.506. The van der Waals surface area contributed by atoms with Crippen molar-refractivity contribution in [3.05, 3.63) is 0 Å². The van der Waals surface area contributed by atoms with Crippen molar-refractivity contribution in [1.82, 2.24) is 9.62 Å². The molecule has 0 atom stereocenters. The molecule has 0 unspecified atom stereocenters. The first kappa shape index (κ1) is 12.4. The first-order valence-electron chi connectivity index (χ1n) is 6.83. The number of carbonyl (C=O) groups is 1. The molecule has 1 saturated heterocycles. The maximum absolute atomic E-state index is 11.9. The molecule has 1 N–H and O–H groups in total. The van der Waals surface area contributed by atoms with Gasteiger partial charge < -0.3 is 5.32 Å². The lowest BCUT2D eigenvalue weighted by Crippen LogP contribution is -2.44. The van der Waals surface area contributed by atoms with E-state index in [1.165, 1.54) is 30.0 Å². The molecule has 2 aliphatic carbocycles. The number of amides is 1. The van der Waals surface area contributed by atoms with Crippen molar-refractivity contribution in [3.63, 3.8) is 0 Å². The van der Waals surface area contributed by atoms with Gasteiger partial charge in [0.05, 0.1) is 12.3 Å². The molecule has 0 bridgehead atoms. The minimum absolute atomic E-state index is 0.0122. The fraction of sp³-hybridized carbons (Fsp3) is 0.917. The first-order chi connectivity index (χ1) is 8.56. The van der Waals surface area contributed by atoms with E-state index >= 15 is 0 Å². The molecule has 0 aromatic heterocycles. The van der Waals surface area contributed by atoms with Gasteiger partial charge in [-0.2, -0.15) is 4.31 Å². The third-order valence-corrected chi connectivity index (χ3v) is 6.01. The lowest BCUT2D eigenvalue weighted by molar-refractivity contribution is -0.122. The maximum Gasteiger partial charge on any atom is 0.235 e. The van der Waals surface area contributed by atoms with E-state index in [2.05, 4.69) is 5.32 Å². The average molecular weight is 272 g/mol. The van der Waals surface area contributed by atoms with E-state index in [1.54, 1.807) is 0 Å². The zero-order valence-electron chi connectivity index (χ0n) is 10.5. The average Bonchev–Trinajstić information content (AvgIpc) is 3.17. The van der Waals surface area contributed by atoms with Gasteiger partial charge in [-0.3, -0.25) is 4.79 Å². The molecule has 18 heavy (non-hydrogen) atoms. The second kappa shape index (κ2) is 4.49. The summed E-state index contributed by atoms with van der Waals surface area (Å²) in [5.74, 6) is 1.37. The molecule has 0 aromatic carbocycles. The largest absolute Gasteiger partial charge is 0.352 e. The van der Waals surface area contributed by atoms with Gasteiger partial charge in [-0.25, -0.2) is 8.42 Å². The molecule has 0 aromatic rings. The Bertz CT molecular complexity index is 428. The van der Waals surface area contributed by atoms with Crippen LogP contribution >= 0.6 is 0 Å². The summed E-state index contributed by atoms with van der Waals surface area (Å²) in [7, 11) is -3.15. The summed E-state index contributed by atoms with van der Waals surface area (Å²) in [4.78, 5) is 11.9. The Morgan fingerprint density at radius 3 is 2.28 bits per heavy atom. The lowest BCUT2D eigenvalue weighted by Gasteiger charge is -2.20. The van der Waals surface area contributed by atoms with Crippen LogP contribution in [0.2, 0.25) is 0 Å². The molecule has 2 saturated carbocycles. The van der Waals surface area contributed by atoms with Crippen molar-refractivity contribution >= 4 is 15.9 Å². The molecule has 1 aliphatic heterocycles. The topological polar surface area (TPSA) is 66.5 Å². The van der Waals surface area contributed by atoms with Crippen LogP contribution in [0.15, 0.2) is 0 Å². The minimum atomic E-state index is -3.15. The van der Waals surface area contributed by atoms with Crippen LogP contribution in [0.1, 0.15) is 32.1 Å². The van der Waals surface area contributed by atoms with E-state index in [0.29, 0.717) is 30.8 Å². The fourth-order valence-electron chi connectivity index (χ4n) is 2.79. The number of nitrogens with one attached hydrogen (secondary N) is 1. The number of hydrogen-bond donors (Lipinski definition) is 1. The summed E-state index contributed by atoms with van der Waals surface area (Å²) >= 11 is 0. The second-order valence-corrected chi connectivity index (χ2v) is 7.86. The first-order valence-corrected chi connectivity index (χ1v) is 8.44. The van der Waals surface area contributed by atoms with E-state index in [0.717, 1.165) is 0 Å². The zero-order valence-corrected chi connectivity index (χ0v) is 11.3. The van der Waals surface area contributed by atoms with Crippen LogP contribution in [-0.2, 0) is 14.8 Å². The number of hydrogen-bond acceptors (Lipinski definition) is 3. The Morgan fingerprint density at radius 1 is 1.22 bits per heavy atom. The van der Waals surface area contributed by atoms with Gasteiger partial charge in [0.25, 0.3) is 0 Å². The highest BCUT2D eigenvalue weighted by atomic mass is 32.2. The molecule has 5 nitrogen and oxygen atoms in total.